The van der Waals surface area contributed by atoms with Crippen molar-refractivity contribution >= 4 is 25.8 Å². The van der Waals surface area contributed by atoms with Gasteiger partial charge in [0.25, 0.3) is 0 Å². The minimum absolute atomic E-state index is 0.00397. The number of hydrogen-bond donors (Lipinski definition) is 0. The van der Waals surface area contributed by atoms with Crippen molar-refractivity contribution < 1.29 is 8.42 Å². The van der Waals surface area contributed by atoms with Crippen molar-refractivity contribution in [3.63, 3.8) is 0 Å². The lowest BCUT2D eigenvalue weighted by Gasteiger charge is -2.00. The second-order valence-corrected chi connectivity index (χ2v) is 7.21. The van der Waals surface area contributed by atoms with Crippen LogP contribution in [0, 0.1) is 0 Å². The Labute approximate surface area is 107 Å². The van der Waals surface area contributed by atoms with Crippen LogP contribution in [0.4, 0.5) is 0 Å². The molecule has 0 aromatic heterocycles. The normalized spacial score (nSPS) is 15.4. The monoisotopic (exact) mass is 270 g/mol. The predicted octanol–water partition coefficient (Wildman–Crippen LogP) is 3.15. The van der Waals surface area contributed by atoms with E-state index in [-0.39, 0.29) is 5.75 Å². The molecule has 17 heavy (non-hydrogen) atoms. The molecular formula is C13H15ClO2S. The van der Waals surface area contributed by atoms with Crippen LogP contribution in [0.3, 0.4) is 0 Å². The van der Waals surface area contributed by atoms with Crippen LogP contribution in [0.1, 0.15) is 29.5 Å². The molecule has 1 aliphatic carbocycles. The highest BCUT2D eigenvalue weighted by Gasteiger charge is 2.09. The van der Waals surface area contributed by atoms with Gasteiger partial charge in [-0.15, -0.1) is 0 Å². The number of allylic oxidation sites excluding steroid dienone is 1. The molecule has 0 spiro atoms. The van der Waals surface area contributed by atoms with Crippen LogP contribution in [0.5, 0.6) is 0 Å². The minimum atomic E-state index is -3.37. The van der Waals surface area contributed by atoms with Gasteiger partial charge in [-0.3, -0.25) is 0 Å². The first kappa shape index (κ1) is 12.7. The summed E-state index contributed by atoms with van der Waals surface area (Å²) >= 11 is 0. The number of benzene rings is 1. The summed E-state index contributed by atoms with van der Waals surface area (Å²) in [6.07, 6.45) is 7.87. The molecule has 92 valence electrons. The zero-order chi connectivity index (χ0) is 12.3. The number of hydrogen-bond acceptors (Lipinski definition) is 2. The van der Waals surface area contributed by atoms with Gasteiger partial charge in [-0.25, -0.2) is 8.42 Å². The third kappa shape index (κ3) is 3.86. The van der Waals surface area contributed by atoms with Crippen LogP contribution < -0.4 is 0 Å². The third-order valence-electron chi connectivity index (χ3n) is 2.96. The van der Waals surface area contributed by atoms with Gasteiger partial charge in [-0.05, 0) is 42.4 Å². The van der Waals surface area contributed by atoms with Crippen LogP contribution in [-0.2, 0) is 21.9 Å². The highest BCUT2D eigenvalue weighted by molar-refractivity contribution is 8.13. The molecule has 0 aliphatic heterocycles. The molecule has 0 fully saturated rings. The Hall–Kier alpha value is -0.800. The summed E-state index contributed by atoms with van der Waals surface area (Å²) in [6.45, 7) is 0. The van der Waals surface area contributed by atoms with E-state index in [1.165, 1.54) is 24.0 Å². The molecule has 0 N–H and O–H groups in total. The highest BCUT2D eigenvalue weighted by Crippen LogP contribution is 2.23. The second kappa shape index (κ2) is 5.23. The van der Waals surface area contributed by atoms with Crippen molar-refractivity contribution in [2.24, 2.45) is 0 Å². The van der Waals surface area contributed by atoms with Crippen molar-refractivity contribution in [2.75, 3.05) is 5.75 Å². The maximum Gasteiger partial charge on any atom is 0.232 e. The van der Waals surface area contributed by atoms with Crippen LogP contribution >= 0.6 is 10.7 Å². The fourth-order valence-corrected chi connectivity index (χ4v) is 2.81. The largest absolute Gasteiger partial charge is 0.232 e. The summed E-state index contributed by atoms with van der Waals surface area (Å²) in [4.78, 5) is 0. The number of rotatable bonds is 4. The lowest BCUT2D eigenvalue weighted by atomic mass is 10.1. The summed E-state index contributed by atoms with van der Waals surface area (Å²) in [5, 5.41) is 0. The Kier molecular flexibility index (Phi) is 3.89. The zero-order valence-electron chi connectivity index (χ0n) is 9.52. The van der Waals surface area contributed by atoms with Gasteiger partial charge < -0.3 is 0 Å². The topological polar surface area (TPSA) is 34.1 Å². The number of fused-ring (bicyclic) bond motifs is 1. The molecule has 0 unspecified atom stereocenters. The van der Waals surface area contributed by atoms with Crippen molar-refractivity contribution in [1.29, 1.82) is 0 Å². The average molecular weight is 271 g/mol. The predicted molar refractivity (Wildman–Crippen MR) is 71.8 cm³/mol. The maximum atomic E-state index is 10.7. The van der Waals surface area contributed by atoms with Gasteiger partial charge in [0.15, 0.2) is 0 Å². The van der Waals surface area contributed by atoms with Gasteiger partial charge in [0.2, 0.25) is 9.05 Å². The molecule has 1 aromatic rings. The smallest absolute Gasteiger partial charge is 0.212 e. The van der Waals surface area contributed by atoms with Crippen LogP contribution in [0.15, 0.2) is 24.3 Å². The molecular weight excluding hydrogens is 256 g/mol. The summed E-state index contributed by atoms with van der Waals surface area (Å²) in [6, 6.07) is 6.43. The van der Waals surface area contributed by atoms with Crippen LogP contribution in [-0.4, -0.2) is 14.2 Å². The van der Waals surface area contributed by atoms with E-state index in [2.05, 4.69) is 18.2 Å². The Morgan fingerprint density at radius 1 is 1.24 bits per heavy atom. The van der Waals surface area contributed by atoms with Gasteiger partial charge in [0, 0.05) is 10.7 Å². The molecule has 0 atom stereocenters. The molecule has 4 heteroatoms. The molecule has 0 saturated heterocycles. The molecule has 1 aromatic carbocycles. The highest BCUT2D eigenvalue weighted by atomic mass is 35.7. The summed E-state index contributed by atoms with van der Waals surface area (Å²) in [7, 11) is 1.76. The van der Waals surface area contributed by atoms with E-state index in [4.69, 9.17) is 10.7 Å². The summed E-state index contributed by atoms with van der Waals surface area (Å²) < 4.78 is 21.5. The van der Waals surface area contributed by atoms with Crippen LogP contribution in [0.25, 0.3) is 6.08 Å². The average Bonchev–Trinajstić information content (AvgIpc) is 2.70. The van der Waals surface area contributed by atoms with E-state index in [1.54, 1.807) is 0 Å². The zero-order valence-corrected chi connectivity index (χ0v) is 11.1. The molecule has 2 rings (SSSR count). The third-order valence-corrected chi connectivity index (χ3v) is 4.15. The molecule has 2 nitrogen and oxygen atoms in total. The lowest BCUT2D eigenvalue weighted by molar-refractivity contribution is 0.609. The molecule has 0 heterocycles. The van der Waals surface area contributed by atoms with E-state index >= 15 is 0 Å². The van der Waals surface area contributed by atoms with Crippen molar-refractivity contribution in [3.8, 4) is 0 Å². The Bertz CT molecular complexity index is 532. The SMILES string of the molecule is O=S(=O)(Cl)CC/C=C/c1ccc2c(c1)CCC2. The molecule has 0 bridgehead atoms. The number of aryl methyl sites for hydroxylation is 2. The molecule has 1 aliphatic rings. The van der Waals surface area contributed by atoms with Crippen molar-refractivity contribution in [3.05, 3.63) is 41.0 Å². The van der Waals surface area contributed by atoms with Gasteiger partial charge in [-0.1, -0.05) is 30.4 Å². The van der Waals surface area contributed by atoms with E-state index < -0.39 is 9.05 Å². The van der Waals surface area contributed by atoms with E-state index in [1.807, 2.05) is 12.2 Å². The van der Waals surface area contributed by atoms with Gasteiger partial charge >= 0.3 is 0 Å². The Morgan fingerprint density at radius 3 is 2.76 bits per heavy atom. The first-order chi connectivity index (χ1) is 8.04. The quantitative estimate of drug-likeness (QED) is 0.788. The number of halogens is 1. The Morgan fingerprint density at radius 2 is 2.00 bits per heavy atom. The summed E-state index contributed by atoms with van der Waals surface area (Å²) in [5.74, 6) is -0.00397. The van der Waals surface area contributed by atoms with Gasteiger partial charge in [0.1, 0.15) is 0 Å². The van der Waals surface area contributed by atoms with Crippen LogP contribution in [0.2, 0.25) is 0 Å². The first-order valence-electron chi connectivity index (χ1n) is 5.75. The van der Waals surface area contributed by atoms with E-state index in [0.29, 0.717) is 6.42 Å². The van der Waals surface area contributed by atoms with E-state index in [9.17, 15) is 8.42 Å². The van der Waals surface area contributed by atoms with Crippen molar-refractivity contribution in [1.82, 2.24) is 0 Å². The lowest BCUT2D eigenvalue weighted by Crippen LogP contribution is -1.94. The second-order valence-electron chi connectivity index (χ2n) is 4.32. The standard InChI is InChI=1S/C13H15ClO2S/c14-17(15,16)9-2-1-4-11-7-8-12-5-3-6-13(12)10-11/h1,4,7-8,10H,2-3,5-6,9H2/b4-1+. The minimum Gasteiger partial charge on any atom is -0.212 e. The Balaban J connectivity index is 1.97. The fourth-order valence-electron chi connectivity index (χ4n) is 2.12. The molecule has 0 saturated carbocycles. The molecule has 0 amide bonds. The van der Waals surface area contributed by atoms with Crippen molar-refractivity contribution in [2.45, 2.75) is 25.7 Å². The fraction of sp³-hybridized carbons (Fsp3) is 0.385. The summed E-state index contributed by atoms with van der Waals surface area (Å²) in [5.41, 5.74) is 4.01. The first-order valence-corrected chi connectivity index (χ1v) is 8.23. The molecule has 0 radical (unpaired) electrons. The maximum absolute atomic E-state index is 10.7. The van der Waals surface area contributed by atoms with E-state index in [0.717, 1.165) is 12.0 Å². The van der Waals surface area contributed by atoms with Gasteiger partial charge in [-0.2, -0.15) is 0 Å². The van der Waals surface area contributed by atoms with Gasteiger partial charge in [0.05, 0.1) is 5.75 Å².